The Morgan fingerprint density at radius 1 is 0.870 bits per heavy atom. The summed E-state index contributed by atoms with van der Waals surface area (Å²) in [6, 6.07) is 17.2. The third-order valence-corrected chi connectivity index (χ3v) is 10.6. The Morgan fingerprint density at radius 2 is 1.50 bits per heavy atom. The quantitative estimate of drug-likeness (QED) is 0.0639. The molecule has 1 aromatic heterocycles. The summed E-state index contributed by atoms with van der Waals surface area (Å²) < 4.78 is 71.2. The lowest BCUT2D eigenvalue weighted by molar-refractivity contribution is 0.467. The van der Waals surface area contributed by atoms with Crippen LogP contribution in [0.5, 0.6) is 0 Å². The first-order valence-corrected chi connectivity index (χ1v) is 20.1. The molecule has 0 amide bonds. The van der Waals surface area contributed by atoms with Crippen molar-refractivity contribution in [1.29, 1.82) is 0 Å². The minimum absolute atomic E-state index is 0.0833. The molecule has 2 atom stereocenters. The lowest BCUT2D eigenvalue weighted by atomic mass is 9.97. The zero-order valence-corrected chi connectivity index (χ0v) is 33.0. The van der Waals surface area contributed by atoms with Crippen LogP contribution in [-0.2, 0) is 20.2 Å². The molecular formula is C37H32N4O8S5. The molecule has 0 aliphatic heterocycles. The van der Waals surface area contributed by atoms with E-state index in [0.717, 1.165) is 41.4 Å². The van der Waals surface area contributed by atoms with Gasteiger partial charge in [-0.2, -0.15) is 31.8 Å². The number of anilines is 1. The predicted molar refractivity (Wildman–Crippen MR) is 222 cm³/mol. The maximum absolute atomic E-state index is 12.7. The fourth-order valence-electron chi connectivity index (χ4n) is 5.68. The van der Waals surface area contributed by atoms with Crippen LogP contribution >= 0.6 is 36.7 Å². The lowest BCUT2D eigenvalue weighted by Gasteiger charge is -2.21. The summed E-state index contributed by atoms with van der Waals surface area (Å²) in [6.45, 7) is 7.97. The maximum Gasteiger partial charge on any atom is 0.344 e. The largest absolute Gasteiger partial charge is 0.422 e. The van der Waals surface area contributed by atoms with Crippen LogP contribution in [0.1, 0.15) is 25.0 Å². The number of benzene rings is 3. The van der Waals surface area contributed by atoms with Crippen molar-refractivity contribution in [2.24, 2.45) is 20.9 Å². The standard InChI is InChI=1S/C21H20N2O2S.C16H12N2O6S4/c1-4-23(5-2)17-10-11-18-14(3)20(21(24)25-19(18)12-17)15-6-8-16(9-7-15)22-13-26;19-27(20,21)15-7-13(17-9-25)5-3-11(15)1-2-12-4-6-14(18-10-26)8-16(12)28(22,23)24/h6-12H,4-5H2,1-3H3;1-8,11,15H,(H,19,20,21)(H,22,23,24). The summed E-state index contributed by atoms with van der Waals surface area (Å²) in [4.78, 5) is 25.7. The minimum atomic E-state index is -4.59. The Bertz CT molecular complexity index is 2590. The first-order chi connectivity index (χ1) is 25.6. The number of aliphatic imine (C=N–C) groups is 3. The highest BCUT2D eigenvalue weighted by atomic mass is 32.2. The first-order valence-electron chi connectivity index (χ1n) is 16.0. The molecule has 0 fully saturated rings. The Labute approximate surface area is 328 Å². The molecule has 0 spiro atoms. The average molecular weight is 821 g/mol. The van der Waals surface area contributed by atoms with E-state index in [1.807, 2.05) is 31.2 Å². The second-order valence-corrected chi connectivity index (χ2v) is 15.0. The van der Waals surface area contributed by atoms with Gasteiger partial charge in [-0.25, -0.2) is 4.79 Å². The fourth-order valence-corrected chi connectivity index (χ4v) is 7.59. The molecule has 2 N–H and O–H groups in total. The van der Waals surface area contributed by atoms with Gasteiger partial charge in [0.15, 0.2) is 0 Å². The second-order valence-electron chi connectivity index (χ2n) is 11.5. The summed E-state index contributed by atoms with van der Waals surface area (Å²) in [7, 11) is -9.08. The molecule has 0 saturated carbocycles. The van der Waals surface area contributed by atoms with Gasteiger partial charge in [0.05, 0.1) is 38.1 Å². The molecular weight excluding hydrogens is 789 g/mol. The van der Waals surface area contributed by atoms with Crippen molar-refractivity contribution in [1.82, 2.24) is 0 Å². The molecule has 0 bridgehead atoms. The molecule has 278 valence electrons. The summed E-state index contributed by atoms with van der Waals surface area (Å²) >= 11 is 13.5. The van der Waals surface area contributed by atoms with Gasteiger partial charge in [0.25, 0.3) is 20.2 Å². The molecule has 0 saturated heterocycles. The van der Waals surface area contributed by atoms with Crippen LogP contribution in [0.3, 0.4) is 0 Å². The zero-order chi connectivity index (χ0) is 39.6. The van der Waals surface area contributed by atoms with Crippen LogP contribution in [0.4, 0.5) is 17.1 Å². The number of allylic oxidation sites excluding steroid dienone is 3. The number of rotatable bonds is 11. The number of hydrogen-bond acceptors (Lipinski definition) is 13. The SMILES string of the molecule is CCN(CC)c1ccc2c(C)c(-c3ccc(N=C=S)cc3)c(=O)oc2c1.O=S(=O)(O)c1cc(N=C=S)ccc1C=CC1C=CC(N=C=S)=CC1S(=O)(=O)O. The van der Waals surface area contributed by atoms with Gasteiger partial charge < -0.3 is 9.32 Å². The highest BCUT2D eigenvalue weighted by Gasteiger charge is 2.30. The van der Waals surface area contributed by atoms with Gasteiger partial charge in [0.1, 0.15) is 15.7 Å². The van der Waals surface area contributed by atoms with E-state index in [4.69, 9.17) is 4.42 Å². The van der Waals surface area contributed by atoms with Crippen molar-refractivity contribution in [2.45, 2.75) is 30.9 Å². The minimum Gasteiger partial charge on any atom is -0.422 e. The highest BCUT2D eigenvalue weighted by molar-refractivity contribution is 7.86. The second kappa shape index (κ2) is 18.4. The van der Waals surface area contributed by atoms with Crippen LogP contribution in [0.25, 0.3) is 28.2 Å². The molecule has 1 aliphatic rings. The number of hydrogen-bond donors (Lipinski definition) is 2. The van der Waals surface area contributed by atoms with Crippen molar-refractivity contribution in [3.05, 3.63) is 112 Å². The molecule has 2 unspecified atom stereocenters. The van der Waals surface area contributed by atoms with Crippen molar-refractivity contribution < 1.29 is 30.4 Å². The van der Waals surface area contributed by atoms with E-state index in [9.17, 15) is 30.7 Å². The van der Waals surface area contributed by atoms with E-state index in [2.05, 4.69) is 91.9 Å². The molecule has 1 heterocycles. The number of fused-ring (bicyclic) bond motifs is 1. The van der Waals surface area contributed by atoms with Gasteiger partial charge in [-0.05, 0) is 123 Å². The van der Waals surface area contributed by atoms with Gasteiger partial charge in [-0.15, -0.1) is 0 Å². The van der Waals surface area contributed by atoms with Crippen molar-refractivity contribution in [2.75, 3.05) is 18.0 Å². The van der Waals surface area contributed by atoms with Crippen molar-refractivity contribution >= 4 is 106 Å². The number of thiocarbonyl (C=S) groups is 3. The highest BCUT2D eigenvalue weighted by Crippen LogP contribution is 2.31. The Morgan fingerprint density at radius 3 is 2.09 bits per heavy atom. The normalized spacial score (nSPS) is 15.2. The summed E-state index contributed by atoms with van der Waals surface area (Å²) in [6.07, 6.45) is 6.82. The van der Waals surface area contributed by atoms with E-state index in [1.165, 1.54) is 42.5 Å². The fraction of sp³-hybridized carbons (Fsp3) is 0.189. The third kappa shape index (κ3) is 10.4. The molecule has 4 aromatic rings. The number of nitrogens with zero attached hydrogens (tertiary/aromatic N) is 4. The van der Waals surface area contributed by atoms with E-state index in [1.54, 1.807) is 12.1 Å². The Hall–Kier alpha value is -4.89. The summed E-state index contributed by atoms with van der Waals surface area (Å²) in [5.74, 6) is -0.827. The number of aryl methyl sites for hydroxylation is 1. The molecule has 1 aliphatic carbocycles. The van der Waals surface area contributed by atoms with E-state index < -0.39 is 36.3 Å². The predicted octanol–water partition coefficient (Wildman–Crippen LogP) is 8.46. The van der Waals surface area contributed by atoms with Gasteiger partial charge in [0, 0.05) is 36.1 Å². The monoisotopic (exact) mass is 820 g/mol. The Kier molecular flexibility index (Phi) is 14.3. The van der Waals surface area contributed by atoms with Crippen LogP contribution < -0.4 is 10.5 Å². The number of isothiocyanates is 3. The van der Waals surface area contributed by atoms with E-state index >= 15 is 0 Å². The molecule has 12 nitrogen and oxygen atoms in total. The van der Waals surface area contributed by atoms with Crippen molar-refractivity contribution in [3.63, 3.8) is 0 Å². The maximum atomic E-state index is 12.7. The molecule has 0 radical (unpaired) electrons. The zero-order valence-electron chi connectivity index (χ0n) is 28.9. The van der Waals surface area contributed by atoms with E-state index in [0.29, 0.717) is 16.8 Å². The average Bonchev–Trinajstić information content (AvgIpc) is 3.12. The van der Waals surface area contributed by atoms with Gasteiger partial charge in [0.2, 0.25) is 0 Å². The molecule has 54 heavy (non-hydrogen) atoms. The third-order valence-electron chi connectivity index (χ3n) is 8.28. The van der Waals surface area contributed by atoms with Crippen LogP contribution in [0.15, 0.2) is 120 Å². The van der Waals surface area contributed by atoms with Gasteiger partial charge in [-0.1, -0.05) is 36.4 Å². The Balaban J connectivity index is 0.000000241. The summed E-state index contributed by atoms with van der Waals surface area (Å²) in [5.41, 5.74) is 4.78. The molecule has 5 rings (SSSR count). The van der Waals surface area contributed by atoms with Gasteiger partial charge in [-0.3, -0.25) is 9.11 Å². The smallest absolute Gasteiger partial charge is 0.344 e. The molecule has 17 heteroatoms. The van der Waals surface area contributed by atoms with Crippen LogP contribution in [-0.4, -0.2) is 59.8 Å². The van der Waals surface area contributed by atoms with Crippen LogP contribution in [0, 0.1) is 12.8 Å². The first kappa shape index (κ1) is 41.9. The molecule has 3 aromatic carbocycles. The summed E-state index contributed by atoms with van der Waals surface area (Å²) in [5, 5.41) is 6.11. The van der Waals surface area contributed by atoms with Gasteiger partial charge >= 0.3 is 5.63 Å². The topological polar surface area (TPSA) is 179 Å². The van der Waals surface area contributed by atoms with E-state index in [-0.39, 0.29) is 22.6 Å². The lowest BCUT2D eigenvalue weighted by Crippen LogP contribution is -2.27. The van der Waals surface area contributed by atoms with Crippen molar-refractivity contribution in [3.8, 4) is 11.1 Å². The van der Waals surface area contributed by atoms with Crippen LogP contribution in [0.2, 0.25) is 0 Å².